The minimum Gasteiger partial charge on any atom is -0.497 e. The second kappa shape index (κ2) is 10.5. The molecule has 32 heavy (non-hydrogen) atoms. The molecule has 1 aliphatic heterocycles. The van der Waals surface area contributed by atoms with E-state index in [9.17, 15) is 4.79 Å². The van der Waals surface area contributed by atoms with Crippen LogP contribution in [0.3, 0.4) is 0 Å². The number of ether oxygens (including phenoxy) is 1. The van der Waals surface area contributed by atoms with Gasteiger partial charge < -0.3 is 15.0 Å². The predicted octanol–water partition coefficient (Wildman–Crippen LogP) is 4.38. The SMILES string of the molecule is COc1ccc(-c2cc(N3CCCC(C(=O)NCCc4ccc(Cl)cc4)C3)ncn2)cc1. The van der Waals surface area contributed by atoms with E-state index in [0.717, 1.165) is 59.2 Å². The third kappa shape index (κ3) is 5.56. The van der Waals surface area contributed by atoms with Crippen molar-refractivity contribution in [3.8, 4) is 17.0 Å². The van der Waals surface area contributed by atoms with Crippen molar-refractivity contribution in [3.05, 3.63) is 71.5 Å². The van der Waals surface area contributed by atoms with Crippen molar-refractivity contribution in [1.29, 1.82) is 0 Å². The third-order valence-corrected chi connectivity index (χ3v) is 6.03. The highest BCUT2D eigenvalue weighted by molar-refractivity contribution is 6.30. The molecule has 1 atom stereocenters. The number of anilines is 1. The van der Waals surface area contributed by atoms with Crippen LogP contribution < -0.4 is 15.0 Å². The fraction of sp³-hybridized carbons (Fsp3) is 0.320. The zero-order valence-corrected chi connectivity index (χ0v) is 18.9. The highest BCUT2D eigenvalue weighted by atomic mass is 35.5. The van der Waals surface area contributed by atoms with Gasteiger partial charge in [-0.05, 0) is 61.2 Å². The number of rotatable bonds is 7. The van der Waals surface area contributed by atoms with E-state index in [-0.39, 0.29) is 11.8 Å². The summed E-state index contributed by atoms with van der Waals surface area (Å²) < 4.78 is 5.23. The Bertz CT molecular complexity index is 1040. The molecule has 0 radical (unpaired) electrons. The van der Waals surface area contributed by atoms with Gasteiger partial charge in [-0.1, -0.05) is 23.7 Å². The van der Waals surface area contributed by atoms with Crippen LogP contribution in [0.4, 0.5) is 5.82 Å². The molecule has 166 valence electrons. The van der Waals surface area contributed by atoms with Crippen LogP contribution in [0.15, 0.2) is 60.9 Å². The Hall–Kier alpha value is -3.12. The maximum absolute atomic E-state index is 12.8. The van der Waals surface area contributed by atoms with Crippen molar-refractivity contribution in [2.24, 2.45) is 5.92 Å². The summed E-state index contributed by atoms with van der Waals surface area (Å²) in [6.07, 6.45) is 4.22. The van der Waals surface area contributed by atoms with Crippen molar-refractivity contribution in [1.82, 2.24) is 15.3 Å². The van der Waals surface area contributed by atoms with Crippen molar-refractivity contribution in [2.75, 3.05) is 31.6 Å². The van der Waals surface area contributed by atoms with Crippen molar-refractivity contribution in [2.45, 2.75) is 19.3 Å². The number of carbonyl (C=O) groups is 1. The zero-order chi connectivity index (χ0) is 22.3. The molecule has 1 unspecified atom stereocenters. The lowest BCUT2D eigenvalue weighted by atomic mass is 9.97. The average Bonchev–Trinajstić information content (AvgIpc) is 2.85. The van der Waals surface area contributed by atoms with Gasteiger partial charge in [0.05, 0.1) is 18.7 Å². The molecule has 2 aromatic carbocycles. The number of benzene rings is 2. The van der Waals surface area contributed by atoms with E-state index in [1.165, 1.54) is 0 Å². The van der Waals surface area contributed by atoms with Gasteiger partial charge in [0.15, 0.2) is 0 Å². The lowest BCUT2D eigenvalue weighted by Gasteiger charge is -2.33. The molecule has 1 aromatic heterocycles. The quantitative estimate of drug-likeness (QED) is 0.578. The van der Waals surface area contributed by atoms with Crippen LogP contribution in [0.2, 0.25) is 5.02 Å². The first-order valence-corrected chi connectivity index (χ1v) is 11.2. The van der Waals surface area contributed by atoms with Crippen molar-refractivity contribution in [3.63, 3.8) is 0 Å². The predicted molar refractivity (Wildman–Crippen MR) is 127 cm³/mol. The highest BCUT2D eigenvalue weighted by Crippen LogP contribution is 2.26. The van der Waals surface area contributed by atoms with Crippen molar-refractivity contribution >= 4 is 23.3 Å². The first kappa shape index (κ1) is 22.1. The van der Waals surface area contributed by atoms with Gasteiger partial charge in [0.25, 0.3) is 0 Å². The number of aromatic nitrogens is 2. The molecule has 4 rings (SSSR count). The van der Waals surface area contributed by atoms with Gasteiger partial charge in [-0.3, -0.25) is 4.79 Å². The summed E-state index contributed by atoms with van der Waals surface area (Å²) in [5.74, 6) is 1.72. The Morgan fingerprint density at radius 3 is 2.69 bits per heavy atom. The van der Waals surface area contributed by atoms with E-state index in [1.807, 2.05) is 54.6 Å². The molecule has 1 fully saturated rings. The summed E-state index contributed by atoms with van der Waals surface area (Å²) in [7, 11) is 1.65. The van der Waals surface area contributed by atoms with E-state index in [2.05, 4.69) is 20.2 Å². The smallest absolute Gasteiger partial charge is 0.224 e. The van der Waals surface area contributed by atoms with Crippen molar-refractivity contribution < 1.29 is 9.53 Å². The topological polar surface area (TPSA) is 67.3 Å². The van der Waals surface area contributed by atoms with Crippen LogP contribution in [0, 0.1) is 5.92 Å². The van der Waals surface area contributed by atoms with Crippen LogP contribution >= 0.6 is 11.6 Å². The molecule has 1 saturated heterocycles. The molecule has 1 amide bonds. The van der Waals surface area contributed by atoms with E-state index in [4.69, 9.17) is 16.3 Å². The monoisotopic (exact) mass is 450 g/mol. The third-order valence-electron chi connectivity index (χ3n) is 5.78. The second-order valence-electron chi connectivity index (χ2n) is 7.94. The number of nitrogens with one attached hydrogen (secondary N) is 1. The Morgan fingerprint density at radius 2 is 1.94 bits per heavy atom. The molecular weight excluding hydrogens is 424 g/mol. The molecule has 1 aliphatic rings. The highest BCUT2D eigenvalue weighted by Gasteiger charge is 2.26. The van der Waals surface area contributed by atoms with Gasteiger partial charge in [0.1, 0.15) is 17.9 Å². The van der Waals surface area contributed by atoms with Crippen LogP contribution in [0.1, 0.15) is 18.4 Å². The Morgan fingerprint density at radius 1 is 1.16 bits per heavy atom. The van der Waals surface area contributed by atoms with Gasteiger partial charge in [-0.15, -0.1) is 0 Å². The van der Waals surface area contributed by atoms with Crippen LogP contribution in [0.25, 0.3) is 11.3 Å². The summed E-state index contributed by atoms with van der Waals surface area (Å²) in [4.78, 5) is 23.8. The summed E-state index contributed by atoms with van der Waals surface area (Å²) in [6.45, 7) is 2.16. The minimum atomic E-state index is -0.0478. The number of amides is 1. The molecule has 7 heteroatoms. The molecule has 3 aromatic rings. The number of hydrogen-bond donors (Lipinski definition) is 1. The lowest BCUT2D eigenvalue weighted by molar-refractivity contribution is -0.125. The van der Waals surface area contributed by atoms with E-state index in [0.29, 0.717) is 13.1 Å². The normalized spacial score (nSPS) is 15.9. The molecule has 0 spiro atoms. The molecule has 0 aliphatic carbocycles. The summed E-state index contributed by atoms with van der Waals surface area (Å²) in [5.41, 5.74) is 3.02. The Balaban J connectivity index is 1.35. The number of hydrogen-bond acceptors (Lipinski definition) is 5. The van der Waals surface area contributed by atoms with E-state index in [1.54, 1.807) is 13.4 Å². The number of carbonyl (C=O) groups excluding carboxylic acids is 1. The zero-order valence-electron chi connectivity index (χ0n) is 18.1. The molecular formula is C25H27ClN4O2. The first-order chi connectivity index (χ1) is 15.6. The minimum absolute atomic E-state index is 0.0478. The van der Waals surface area contributed by atoms with E-state index >= 15 is 0 Å². The summed E-state index contributed by atoms with van der Waals surface area (Å²) in [5, 5.41) is 3.81. The fourth-order valence-electron chi connectivity index (χ4n) is 3.96. The Labute approximate surface area is 193 Å². The van der Waals surface area contributed by atoms with Gasteiger partial charge in [0, 0.05) is 36.3 Å². The van der Waals surface area contributed by atoms with Gasteiger partial charge >= 0.3 is 0 Å². The maximum Gasteiger partial charge on any atom is 0.224 e. The summed E-state index contributed by atoms with van der Waals surface area (Å²) in [6, 6.07) is 17.5. The largest absolute Gasteiger partial charge is 0.497 e. The summed E-state index contributed by atoms with van der Waals surface area (Å²) >= 11 is 5.93. The molecule has 1 N–H and O–H groups in total. The molecule has 2 heterocycles. The molecule has 0 saturated carbocycles. The number of piperidine rings is 1. The standard InChI is InChI=1S/C25H27ClN4O2/c1-32-22-10-6-19(7-11-22)23-15-24(29-17-28-23)30-14-2-3-20(16-30)25(31)27-13-12-18-4-8-21(26)9-5-18/h4-11,15,17,20H,2-3,12-14,16H2,1H3,(H,27,31). The van der Waals surface area contributed by atoms with Crippen LogP contribution in [-0.2, 0) is 11.2 Å². The van der Waals surface area contributed by atoms with Crippen LogP contribution in [0.5, 0.6) is 5.75 Å². The first-order valence-electron chi connectivity index (χ1n) is 10.9. The molecule has 0 bridgehead atoms. The van der Waals surface area contributed by atoms with Crippen LogP contribution in [-0.4, -0.2) is 42.6 Å². The number of halogens is 1. The van der Waals surface area contributed by atoms with E-state index < -0.39 is 0 Å². The lowest BCUT2D eigenvalue weighted by Crippen LogP contribution is -2.43. The van der Waals surface area contributed by atoms with Gasteiger partial charge in [0.2, 0.25) is 5.91 Å². The Kier molecular flexibility index (Phi) is 7.22. The maximum atomic E-state index is 12.8. The number of nitrogens with zero attached hydrogens (tertiary/aromatic N) is 3. The average molecular weight is 451 g/mol. The second-order valence-corrected chi connectivity index (χ2v) is 8.38. The number of methoxy groups -OCH3 is 1. The fourth-order valence-corrected chi connectivity index (χ4v) is 4.09. The van der Waals surface area contributed by atoms with Gasteiger partial charge in [-0.25, -0.2) is 9.97 Å². The van der Waals surface area contributed by atoms with Gasteiger partial charge in [-0.2, -0.15) is 0 Å². The molecule has 6 nitrogen and oxygen atoms in total.